The van der Waals surface area contributed by atoms with Crippen LogP contribution in [-0.4, -0.2) is 15.9 Å². The summed E-state index contributed by atoms with van der Waals surface area (Å²) in [5, 5.41) is 3.24. The first-order chi connectivity index (χ1) is 11.0. The average molecular weight is 340 g/mol. The zero-order valence-electron chi connectivity index (χ0n) is 11.5. The predicted octanol–water partition coefficient (Wildman–Crippen LogP) is 3.56. The third-order valence-electron chi connectivity index (χ3n) is 3.25. The number of halogens is 4. The van der Waals surface area contributed by atoms with Crippen LogP contribution in [0, 0.1) is 17.5 Å². The lowest BCUT2D eigenvalue weighted by atomic mass is 10.2. The van der Waals surface area contributed by atoms with Gasteiger partial charge < -0.3 is 10.3 Å². The fraction of sp³-hybridized carbons (Fsp3) is 0.0667. The van der Waals surface area contributed by atoms with Crippen molar-refractivity contribution in [2.45, 2.75) is 6.54 Å². The molecule has 0 aliphatic heterocycles. The summed E-state index contributed by atoms with van der Waals surface area (Å²) < 4.78 is 40.1. The van der Waals surface area contributed by atoms with Crippen LogP contribution in [0.5, 0.6) is 0 Å². The minimum atomic E-state index is -1.32. The summed E-state index contributed by atoms with van der Waals surface area (Å²) in [6, 6.07) is 6.24. The number of nitrogens with zero attached hydrogens (tertiary/aromatic N) is 1. The summed E-state index contributed by atoms with van der Waals surface area (Å²) in [7, 11) is 0. The summed E-state index contributed by atoms with van der Waals surface area (Å²) in [6.45, 7) is -0.488. The molecule has 0 spiro atoms. The molecule has 0 atom stereocenters. The third kappa shape index (κ3) is 3.00. The van der Waals surface area contributed by atoms with Gasteiger partial charge in [0, 0.05) is 17.5 Å². The number of carbonyl (C=O) groups is 1. The Morgan fingerprint density at radius 1 is 1.17 bits per heavy atom. The number of aromatic nitrogens is 2. The number of pyridine rings is 1. The second-order valence-corrected chi connectivity index (χ2v) is 5.15. The number of H-pyrrole nitrogens is 1. The Bertz CT molecular complexity index is 910. The Balaban J connectivity index is 1.80. The maximum atomic E-state index is 13.5. The smallest absolute Gasteiger partial charge is 0.268 e. The van der Waals surface area contributed by atoms with E-state index in [0.29, 0.717) is 17.1 Å². The summed E-state index contributed by atoms with van der Waals surface area (Å²) in [5.74, 6) is -4.05. The van der Waals surface area contributed by atoms with Gasteiger partial charge in [0.15, 0.2) is 11.6 Å². The topological polar surface area (TPSA) is 57.8 Å². The normalized spacial score (nSPS) is 11.0. The van der Waals surface area contributed by atoms with Gasteiger partial charge in [0.1, 0.15) is 22.3 Å². The largest absolute Gasteiger partial charge is 0.346 e. The average Bonchev–Trinajstić information content (AvgIpc) is 2.94. The first-order valence-corrected chi connectivity index (χ1v) is 6.89. The summed E-state index contributed by atoms with van der Waals surface area (Å²) in [5.41, 5.74) is 0.00776. The van der Waals surface area contributed by atoms with E-state index >= 15 is 0 Å². The number of amides is 1. The molecule has 0 aliphatic rings. The van der Waals surface area contributed by atoms with Crippen molar-refractivity contribution in [3.05, 3.63) is 64.2 Å². The van der Waals surface area contributed by atoms with Gasteiger partial charge in [-0.25, -0.2) is 18.2 Å². The number of aromatic amines is 1. The van der Waals surface area contributed by atoms with Crippen molar-refractivity contribution < 1.29 is 18.0 Å². The minimum absolute atomic E-state index is 0.145. The van der Waals surface area contributed by atoms with E-state index in [9.17, 15) is 18.0 Å². The summed E-state index contributed by atoms with van der Waals surface area (Å²) in [4.78, 5) is 18.8. The maximum absolute atomic E-state index is 13.5. The first-order valence-electron chi connectivity index (χ1n) is 6.51. The maximum Gasteiger partial charge on any atom is 0.268 e. The molecule has 0 saturated heterocycles. The minimum Gasteiger partial charge on any atom is -0.346 e. The van der Waals surface area contributed by atoms with E-state index in [-0.39, 0.29) is 10.8 Å². The molecule has 0 saturated carbocycles. The van der Waals surface area contributed by atoms with Crippen LogP contribution in [0.3, 0.4) is 0 Å². The molecule has 0 aliphatic carbocycles. The number of rotatable bonds is 3. The lowest BCUT2D eigenvalue weighted by Gasteiger charge is -2.07. The highest BCUT2D eigenvalue weighted by molar-refractivity contribution is 6.29. The highest BCUT2D eigenvalue weighted by Crippen LogP contribution is 2.18. The SMILES string of the molecule is O=C(NCc1c(F)ccc(F)c1F)c1cc2ccc(Cl)nc2[nH]1. The van der Waals surface area contributed by atoms with Gasteiger partial charge in [-0.15, -0.1) is 0 Å². The van der Waals surface area contributed by atoms with E-state index in [1.54, 1.807) is 12.1 Å². The van der Waals surface area contributed by atoms with Crippen molar-refractivity contribution in [1.29, 1.82) is 0 Å². The number of carbonyl (C=O) groups excluding carboxylic acids is 1. The van der Waals surface area contributed by atoms with Crippen molar-refractivity contribution in [2.24, 2.45) is 0 Å². The molecular formula is C15H9ClF3N3O. The highest BCUT2D eigenvalue weighted by Gasteiger charge is 2.16. The molecule has 0 fully saturated rings. The third-order valence-corrected chi connectivity index (χ3v) is 3.47. The molecular weight excluding hydrogens is 331 g/mol. The molecule has 2 N–H and O–H groups in total. The Labute approximate surface area is 133 Å². The monoisotopic (exact) mass is 339 g/mol. The van der Waals surface area contributed by atoms with E-state index in [4.69, 9.17) is 11.6 Å². The standard InChI is InChI=1S/C15H9ClF3N3O/c16-12-4-1-7-5-11(21-14(7)22-12)15(23)20-6-8-9(17)2-3-10(18)13(8)19/h1-5H,6H2,(H,20,23)(H,21,22). The van der Waals surface area contributed by atoms with E-state index in [0.717, 1.165) is 6.07 Å². The van der Waals surface area contributed by atoms with Gasteiger partial charge in [-0.1, -0.05) is 11.6 Å². The van der Waals surface area contributed by atoms with Crippen LogP contribution >= 0.6 is 11.6 Å². The summed E-state index contributed by atoms with van der Waals surface area (Å²) >= 11 is 5.75. The molecule has 0 bridgehead atoms. The molecule has 2 aromatic heterocycles. The van der Waals surface area contributed by atoms with Crippen molar-refractivity contribution in [2.75, 3.05) is 0 Å². The molecule has 8 heteroatoms. The van der Waals surface area contributed by atoms with Crippen molar-refractivity contribution in [1.82, 2.24) is 15.3 Å². The van der Waals surface area contributed by atoms with Crippen molar-refractivity contribution >= 4 is 28.5 Å². The Morgan fingerprint density at radius 3 is 2.70 bits per heavy atom. The molecule has 1 aromatic carbocycles. The van der Waals surface area contributed by atoms with Gasteiger partial charge in [0.05, 0.1) is 0 Å². The lowest BCUT2D eigenvalue weighted by Crippen LogP contribution is -2.24. The van der Waals surface area contributed by atoms with Crippen LogP contribution < -0.4 is 5.32 Å². The molecule has 0 radical (unpaired) electrons. The molecule has 23 heavy (non-hydrogen) atoms. The molecule has 0 unspecified atom stereocenters. The fourth-order valence-electron chi connectivity index (χ4n) is 2.10. The number of hydrogen-bond donors (Lipinski definition) is 2. The van der Waals surface area contributed by atoms with Crippen LogP contribution in [0.15, 0.2) is 30.3 Å². The Kier molecular flexibility index (Phi) is 3.96. The number of benzene rings is 1. The van der Waals surface area contributed by atoms with Crippen LogP contribution in [-0.2, 0) is 6.54 Å². The molecule has 3 aromatic rings. The van der Waals surface area contributed by atoms with E-state index in [2.05, 4.69) is 15.3 Å². The lowest BCUT2D eigenvalue weighted by molar-refractivity contribution is 0.0946. The second kappa shape index (κ2) is 5.92. The van der Waals surface area contributed by atoms with Gasteiger partial charge in [0.2, 0.25) is 0 Å². The van der Waals surface area contributed by atoms with Crippen LogP contribution in [0.4, 0.5) is 13.2 Å². The molecule has 1 amide bonds. The first kappa shape index (κ1) is 15.4. The van der Waals surface area contributed by atoms with Crippen LogP contribution in [0.1, 0.15) is 16.1 Å². The van der Waals surface area contributed by atoms with Crippen LogP contribution in [0.2, 0.25) is 5.15 Å². The van der Waals surface area contributed by atoms with Gasteiger partial charge in [-0.3, -0.25) is 4.79 Å². The number of nitrogens with one attached hydrogen (secondary N) is 2. The molecule has 3 rings (SSSR count). The zero-order chi connectivity index (χ0) is 16.6. The van der Waals surface area contributed by atoms with Gasteiger partial charge in [-0.05, 0) is 30.3 Å². The highest BCUT2D eigenvalue weighted by atomic mass is 35.5. The number of hydrogen-bond acceptors (Lipinski definition) is 2. The fourth-order valence-corrected chi connectivity index (χ4v) is 2.25. The van der Waals surface area contributed by atoms with E-state index < -0.39 is 35.5 Å². The Hall–Kier alpha value is -2.54. The zero-order valence-corrected chi connectivity index (χ0v) is 12.2. The predicted molar refractivity (Wildman–Crippen MR) is 78.6 cm³/mol. The quantitative estimate of drug-likeness (QED) is 0.566. The van der Waals surface area contributed by atoms with Gasteiger partial charge in [0.25, 0.3) is 5.91 Å². The number of fused-ring (bicyclic) bond motifs is 1. The summed E-state index contributed by atoms with van der Waals surface area (Å²) in [6.07, 6.45) is 0. The molecule has 4 nitrogen and oxygen atoms in total. The van der Waals surface area contributed by atoms with E-state index in [1.165, 1.54) is 6.07 Å². The second-order valence-electron chi connectivity index (χ2n) is 4.76. The van der Waals surface area contributed by atoms with E-state index in [1.807, 2.05) is 0 Å². The molecule has 2 heterocycles. The van der Waals surface area contributed by atoms with Crippen molar-refractivity contribution in [3.63, 3.8) is 0 Å². The molecule has 118 valence electrons. The van der Waals surface area contributed by atoms with Crippen LogP contribution in [0.25, 0.3) is 11.0 Å². The van der Waals surface area contributed by atoms with Gasteiger partial charge in [-0.2, -0.15) is 0 Å². The van der Waals surface area contributed by atoms with Crippen molar-refractivity contribution in [3.8, 4) is 0 Å². The van der Waals surface area contributed by atoms with Gasteiger partial charge >= 0.3 is 0 Å². The Morgan fingerprint density at radius 2 is 1.91 bits per heavy atom.